The number of benzene rings is 2. The molecule has 4 nitrogen and oxygen atoms in total. The first-order chi connectivity index (χ1) is 12.6. The summed E-state index contributed by atoms with van der Waals surface area (Å²) in [5.41, 5.74) is 0.488. The lowest BCUT2D eigenvalue weighted by Crippen LogP contribution is -2.48. The van der Waals surface area contributed by atoms with Crippen molar-refractivity contribution in [2.24, 2.45) is 0 Å². The lowest BCUT2D eigenvalue weighted by molar-refractivity contribution is -0.0820. The molecule has 0 saturated carbocycles. The number of hydrogen-bond donors (Lipinski definition) is 2. The van der Waals surface area contributed by atoms with Crippen LogP contribution in [0.1, 0.15) is 34.3 Å². The number of nitrogens with one attached hydrogen (secondary N) is 1. The van der Waals surface area contributed by atoms with Crippen molar-refractivity contribution in [2.45, 2.75) is 18.4 Å². The summed E-state index contributed by atoms with van der Waals surface area (Å²) in [5.74, 6) is 5.03. The van der Waals surface area contributed by atoms with Gasteiger partial charge in [-0.3, -0.25) is 4.79 Å². The molecule has 5 heteroatoms. The molecule has 1 fully saturated rings. The van der Waals surface area contributed by atoms with Gasteiger partial charge in [0, 0.05) is 24.3 Å². The quantitative estimate of drug-likeness (QED) is 0.834. The Balaban J connectivity index is 1.60. The van der Waals surface area contributed by atoms with E-state index in [0.29, 0.717) is 29.7 Å². The van der Waals surface area contributed by atoms with Crippen molar-refractivity contribution < 1.29 is 19.0 Å². The number of hydrogen-bond acceptors (Lipinski definition) is 3. The van der Waals surface area contributed by atoms with E-state index in [-0.39, 0.29) is 24.9 Å². The van der Waals surface area contributed by atoms with Gasteiger partial charge in [-0.25, -0.2) is 4.39 Å². The molecule has 1 saturated heterocycles. The first kappa shape index (κ1) is 18.1. The number of aliphatic hydroxyl groups is 1. The molecule has 1 unspecified atom stereocenters. The van der Waals surface area contributed by atoms with Gasteiger partial charge in [-0.05, 0) is 49.2 Å². The number of amides is 1. The first-order valence-corrected chi connectivity index (χ1v) is 8.51. The molecular formula is C21H20FNO3. The zero-order chi connectivity index (χ0) is 18.4. The highest BCUT2D eigenvalue weighted by Crippen LogP contribution is 2.18. The maximum Gasteiger partial charge on any atom is 0.251 e. The minimum absolute atomic E-state index is 0.153. The second-order valence-electron chi connectivity index (χ2n) is 6.37. The number of rotatable bonds is 3. The third-order valence-corrected chi connectivity index (χ3v) is 4.24. The Hall–Kier alpha value is -2.68. The topological polar surface area (TPSA) is 58.6 Å². The van der Waals surface area contributed by atoms with Gasteiger partial charge < -0.3 is 15.2 Å². The van der Waals surface area contributed by atoms with Crippen LogP contribution in [0.4, 0.5) is 4.39 Å². The van der Waals surface area contributed by atoms with Gasteiger partial charge in [-0.2, -0.15) is 0 Å². The minimum Gasteiger partial charge on any atom is -0.386 e. The molecule has 1 atom stereocenters. The van der Waals surface area contributed by atoms with Crippen LogP contribution >= 0.6 is 0 Å². The van der Waals surface area contributed by atoms with E-state index in [2.05, 4.69) is 17.2 Å². The molecule has 0 spiro atoms. The number of halogens is 1. The largest absolute Gasteiger partial charge is 0.386 e. The monoisotopic (exact) mass is 353 g/mol. The van der Waals surface area contributed by atoms with E-state index in [1.165, 1.54) is 6.07 Å². The maximum atomic E-state index is 13.5. The molecular weight excluding hydrogens is 333 g/mol. The molecule has 1 aliphatic rings. The smallest absolute Gasteiger partial charge is 0.251 e. The molecule has 0 aromatic heterocycles. The molecule has 2 aromatic carbocycles. The zero-order valence-corrected chi connectivity index (χ0v) is 14.3. The van der Waals surface area contributed by atoms with E-state index >= 15 is 0 Å². The molecule has 2 aromatic rings. The van der Waals surface area contributed by atoms with E-state index in [1.807, 2.05) is 0 Å². The van der Waals surface area contributed by atoms with E-state index in [9.17, 15) is 14.3 Å². The summed E-state index contributed by atoms with van der Waals surface area (Å²) in [7, 11) is 0. The van der Waals surface area contributed by atoms with Gasteiger partial charge in [0.2, 0.25) is 0 Å². The van der Waals surface area contributed by atoms with Crippen molar-refractivity contribution in [1.29, 1.82) is 0 Å². The van der Waals surface area contributed by atoms with Crippen LogP contribution in [0.15, 0.2) is 48.5 Å². The summed E-state index contributed by atoms with van der Waals surface area (Å²) >= 11 is 0. The van der Waals surface area contributed by atoms with E-state index in [0.717, 1.165) is 6.42 Å². The van der Waals surface area contributed by atoms with Gasteiger partial charge in [0.1, 0.15) is 11.4 Å². The summed E-state index contributed by atoms with van der Waals surface area (Å²) in [4.78, 5) is 12.2. The van der Waals surface area contributed by atoms with Crippen LogP contribution in [0.5, 0.6) is 0 Å². The predicted octanol–water partition coefficient (Wildman–Crippen LogP) is 2.50. The molecule has 0 bridgehead atoms. The highest BCUT2D eigenvalue weighted by Gasteiger charge is 2.30. The Bertz CT molecular complexity index is 830. The molecule has 0 aliphatic carbocycles. The summed E-state index contributed by atoms with van der Waals surface area (Å²) in [6.07, 6.45) is 1.39. The van der Waals surface area contributed by atoms with E-state index < -0.39 is 5.60 Å². The third kappa shape index (κ3) is 4.69. The molecule has 2 N–H and O–H groups in total. The van der Waals surface area contributed by atoms with Crippen molar-refractivity contribution in [3.63, 3.8) is 0 Å². The fourth-order valence-corrected chi connectivity index (χ4v) is 2.73. The van der Waals surface area contributed by atoms with Crippen molar-refractivity contribution >= 4 is 5.91 Å². The van der Waals surface area contributed by atoms with Gasteiger partial charge in [0.25, 0.3) is 5.91 Å². The van der Waals surface area contributed by atoms with Gasteiger partial charge >= 0.3 is 0 Å². The van der Waals surface area contributed by atoms with Crippen molar-refractivity contribution in [1.82, 2.24) is 5.32 Å². The van der Waals surface area contributed by atoms with Gasteiger partial charge in [0.15, 0.2) is 0 Å². The summed E-state index contributed by atoms with van der Waals surface area (Å²) in [5, 5.41) is 13.1. The van der Waals surface area contributed by atoms with Crippen LogP contribution in [0.2, 0.25) is 0 Å². The lowest BCUT2D eigenvalue weighted by atomic mass is 9.96. The Labute approximate surface area is 152 Å². The molecule has 1 amide bonds. The molecule has 0 radical (unpaired) electrons. The standard InChI is InChI=1S/C21H20FNO3/c22-19-5-2-1-4-17(19)9-6-16-7-10-18(11-8-16)20(24)23-14-21(25)12-3-13-26-15-21/h1-2,4-5,7-8,10-11,25H,3,12-15H2,(H,23,24). The lowest BCUT2D eigenvalue weighted by Gasteiger charge is -2.31. The van der Waals surface area contributed by atoms with Crippen LogP contribution in [0.3, 0.4) is 0 Å². The van der Waals surface area contributed by atoms with Crippen LogP contribution in [0.25, 0.3) is 0 Å². The Kier molecular flexibility index (Phi) is 5.67. The second kappa shape index (κ2) is 8.13. The van der Waals surface area contributed by atoms with E-state index in [4.69, 9.17) is 4.74 Å². The minimum atomic E-state index is -1.00. The molecule has 1 aliphatic heterocycles. The number of ether oxygens (including phenoxy) is 1. The van der Waals surface area contributed by atoms with Crippen LogP contribution in [-0.2, 0) is 4.74 Å². The number of carbonyl (C=O) groups is 1. The second-order valence-corrected chi connectivity index (χ2v) is 6.37. The molecule has 3 rings (SSSR count). The van der Waals surface area contributed by atoms with Crippen LogP contribution < -0.4 is 5.32 Å². The summed E-state index contributed by atoms with van der Waals surface area (Å²) in [6.45, 7) is 1.03. The van der Waals surface area contributed by atoms with Crippen LogP contribution in [-0.4, -0.2) is 36.4 Å². The third-order valence-electron chi connectivity index (χ3n) is 4.24. The Morgan fingerprint density at radius 2 is 1.96 bits per heavy atom. The highest BCUT2D eigenvalue weighted by atomic mass is 19.1. The van der Waals surface area contributed by atoms with Crippen molar-refractivity contribution in [3.05, 3.63) is 71.0 Å². The fourth-order valence-electron chi connectivity index (χ4n) is 2.73. The maximum absolute atomic E-state index is 13.5. The average Bonchev–Trinajstić information content (AvgIpc) is 2.67. The SMILES string of the molecule is O=C(NCC1(O)CCCOC1)c1ccc(C#Cc2ccccc2F)cc1. The van der Waals surface area contributed by atoms with Gasteiger partial charge in [0.05, 0.1) is 12.2 Å². The van der Waals surface area contributed by atoms with E-state index in [1.54, 1.807) is 42.5 Å². The average molecular weight is 353 g/mol. The Morgan fingerprint density at radius 1 is 1.19 bits per heavy atom. The predicted molar refractivity (Wildman–Crippen MR) is 96.2 cm³/mol. The summed E-state index contributed by atoms with van der Waals surface area (Å²) in [6, 6.07) is 13.1. The van der Waals surface area contributed by atoms with Gasteiger partial charge in [-0.1, -0.05) is 24.0 Å². The highest BCUT2D eigenvalue weighted by molar-refractivity contribution is 5.94. The zero-order valence-electron chi connectivity index (χ0n) is 14.3. The fraction of sp³-hybridized carbons (Fsp3) is 0.286. The first-order valence-electron chi connectivity index (χ1n) is 8.51. The molecule has 26 heavy (non-hydrogen) atoms. The molecule has 1 heterocycles. The molecule has 134 valence electrons. The van der Waals surface area contributed by atoms with Crippen molar-refractivity contribution in [2.75, 3.05) is 19.8 Å². The Morgan fingerprint density at radius 3 is 2.65 bits per heavy atom. The number of carbonyl (C=O) groups excluding carboxylic acids is 1. The summed E-state index contributed by atoms with van der Waals surface area (Å²) < 4.78 is 18.8. The normalized spacial score (nSPS) is 19.3. The van der Waals surface area contributed by atoms with Crippen molar-refractivity contribution in [3.8, 4) is 11.8 Å². The van der Waals surface area contributed by atoms with Crippen LogP contribution in [0, 0.1) is 17.7 Å². The van der Waals surface area contributed by atoms with Gasteiger partial charge in [-0.15, -0.1) is 0 Å².